The van der Waals surface area contributed by atoms with Gasteiger partial charge >= 0.3 is 6.03 Å². The predicted octanol–water partition coefficient (Wildman–Crippen LogP) is 3.12. The number of para-hydroxylation sites is 1. The topological polar surface area (TPSA) is 70.4 Å². The van der Waals surface area contributed by atoms with Gasteiger partial charge in [-0.3, -0.25) is 4.68 Å². The normalized spacial score (nSPS) is 18.4. The Morgan fingerprint density at radius 3 is 2.64 bits per heavy atom. The van der Waals surface area contributed by atoms with Gasteiger partial charge in [0.15, 0.2) is 0 Å². The van der Waals surface area contributed by atoms with Crippen LogP contribution in [0.2, 0.25) is 0 Å². The highest BCUT2D eigenvalue weighted by Crippen LogP contribution is 2.41. The van der Waals surface area contributed by atoms with Crippen LogP contribution in [0.5, 0.6) is 0 Å². The Hall–Kier alpha value is -2.34. The van der Waals surface area contributed by atoms with Crippen LogP contribution in [0.3, 0.4) is 0 Å². The van der Waals surface area contributed by atoms with Gasteiger partial charge in [0.25, 0.3) is 0 Å². The van der Waals surface area contributed by atoms with Crippen molar-refractivity contribution in [2.45, 2.75) is 44.2 Å². The number of urea groups is 1. The van der Waals surface area contributed by atoms with Crippen molar-refractivity contribution in [1.29, 1.82) is 0 Å². The Morgan fingerprint density at radius 1 is 1.16 bits per heavy atom. The van der Waals surface area contributed by atoms with E-state index in [9.17, 15) is 9.90 Å². The fourth-order valence-electron chi connectivity index (χ4n) is 3.62. The van der Waals surface area contributed by atoms with Crippen molar-refractivity contribution in [2.75, 3.05) is 18.4 Å². The van der Waals surface area contributed by atoms with Crippen LogP contribution in [0.1, 0.15) is 48.9 Å². The highest BCUT2D eigenvalue weighted by atomic mass is 16.3. The predicted molar refractivity (Wildman–Crippen MR) is 95.4 cm³/mol. The number of hydrogen-bond acceptors (Lipinski definition) is 3. The summed E-state index contributed by atoms with van der Waals surface area (Å²) in [5.74, 6) is 0.693. The molecule has 2 aliphatic rings. The second-order valence-corrected chi connectivity index (χ2v) is 6.94. The van der Waals surface area contributed by atoms with E-state index in [1.54, 1.807) is 0 Å². The molecule has 1 aliphatic heterocycles. The van der Waals surface area contributed by atoms with Gasteiger partial charge in [-0.2, -0.15) is 5.10 Å². The Kier molecular flexibility index (Phi) is 4.44. The number of anilines is 1. The molecule has 6 heteroatoms. The number of benzene rings is 1. The number of piperidine rings is 1. The summed E-state index contributed by atoms with van der Waals surface area (Å²) in [6.45, 7) is 1.37. The number of carbonyl (C=O) groups excluding carboxylic acids is 1. The van der Waals surface area contributed by atoms with Gasteiger partial charge in [-0.05, 0) is 37.8 Å². The molecule has 2 fully saturated rings. The first-order chi connectivity index (χ1) is 12.3. The molecule has 2 N–H and O–H groups in total. The van der Waals surface area contributed by atoms with Crippen LogP contribution in [0.4, 0.5) is 10.5 Å². The van der Waals surface area contributed by atoms with Crippen LogP contribution in [0.25, 0.3) is 0 Å². The maximum absolute atomic E-state index is 12.5. The highest BCUT2D eigenvalue weighted by Gasteiger charge is 2.31. The molecule has 1 saturated heterocycles. The standard InChI is InChI=1S/C19H24N4O2/c24-13-15-3-1-2-4-17(15)21-19(25)22-11-8-16(9-12-22)23-18(7-10-20-23)14-5-6-14/h1-4,7,10,14,16,24H,5-6,8-9,11-13H2,(H,21,25). The smallest absolute Gasteiger partial charge is 0.321 e. The highest BCUT2D eigenvalue weighted by molar-refractivity contribution is 5.90. The van der Waals surface area contributed by atoms with Gasteiger partial charge in [-0.25, -0.2) is 4.79 Å². The van der Waals surface area contributed by atoms with Gasteiger partial charge in [0.1, 0.15) is 0 Å². The zero-order chi connectivity index (χ0) is 17.2. The van der Waals surface area contributed by atoms with Crippen LogP contribution < -0.4 is 5.32 Å². The van der Waals surface area contributed by atoms with Crippen LogP contribution in [0, 0.1) is 0 Å². The minimum atomic E-state index is -0.0952. The molecule has 132 valence electrons. The Balaban J connectivity index is 1.36. The Bertz CT molecular complexity index is 745. The molecule has 25 heavy (non-hydrogen) atoms. The first kappa shape index (κ1) is 16.1. The lowest BCUT2D eigenvalue weighted by Crippen LogP contribution is -2.41. The number of nitrogens with one attached hydrogen (secondary N) is 1. The van der Waals surface area contributed by atoms with E-state index in [2.05, 4.69) is 21.2 Å². The Labute approximate surface area is 147 Å². The summed E-state index contributed by atoms with van der Waals surface area (Å²) in [4.78, 5) is 14.4. The SMILES string of the molecule is O=C(Nc1ccccc1CO)N1CCC(n2nccc2C2CC2)CC1. The molecule has 4 rings (SSSR count). The van der Waals surface area contributed by atoms with Crippen molar-refractivity contribution in [3.8, 4) is 0 Å². The molecule has 2 heterocycles. The third-order valence-corrected chi connectivity index (χ3v) is 5.22. The molecule has 1 aliphatic carbocycles. The molecule has 0 spiro atoms. The molecule has 2 amide bonds. The number of aromatic nitrogens is 2. The van der Waals surface area contributed by atoms with Gasteiger partial charge in [-0.1, -0.05) is 18.2 Å². The van der Waals surface area contributed by atoms with Crippen LogP contribution in [-0.2, 0) is 6.61 Å². The molecule has 1 saturated carbocycles. The number of amides is 2. The number of carbonyl (C=O) groups is 1. The monoisotopic (exact) mass is 340 g/mol. The summed E-state index contributed by atoms with van der Waals surface area (Å²) in [5.41, 5.74) is 2.77. The van der Waals surface area contributed by atoms with Gasteiger partial charge in [0.2, 0.25) is 0 Å². The summed E-state index contributed by atoms with van der Waals surface area (Å²) in [7, 11) is 0. The molecule has 0 unspecified atom stereocenters. The summed E-state index contributed by atoms with van der Waals surface area (Å²) in [6, 6.07) is 9.79. The maximum Gasteiger partial charge on any atom is 0.321 e. The molecular formula is C19H24N4O2. The minimum absolute atomic E-state index is 0.0816. The van der Waals surface area contributed by atoms with Crippen molar-refractivity contribution in [3.05, 3.63) is 47.8 Å². The summed E-state index contributed by atoms with van der Waals surface area (Å²) >= 11 is 0. The maximum atomic E-state index is 12.5. The molecule has 1 aromatic carbocycles. The molecule has 1 aromatic heterocycles. The van der Waals surface area contributed by atoms with Crippen LogP contribution in [0.15, 0.2) is 36.5 Å². The van der Waals surface area contributed by atoms with E-state index < -0.39 is 0 Å². The zero-order valence-corrected chi connectivity index (χ0v) is 14.3. The van der Waals surface area contributed by atoms with Gasteiger partial charge in [-0.15, -0.1) is 0 Å². The average Bonchev–Trinajstić information content (AvgIpc) is 3.39. The first-order valence-corrected chi connectivity index (χ1v) is 9.04. The number of likely N-dealkylation sites (tertiary alicyclic amines) is 1. The van der Waals surface area contributed by atoms with E-state index in [0.717, 1.165) is 31.5 Å². The van der Waals surface area contributed by atoms with Crippen LogP contribution >= 0.6 is 0 Å². The van der Waals surface area contributed by atoms with Gasteiger partial charge < -0.3 is 15.3 Å². The number of aliphatic hydroxyl groups excluding tert-OH is 1. The average molecular weight is 340 g/mol. The minimum Gasteiger partial charge on any atom is -0.392 e. The molecule has 2 aromatic rings. The lowest BCUT2D eigenvalue weighted by atomic mass is 10.0. The number of aliphatic hydroxyl groups is 1. The van der Waals surface area contributed by atoms with Crippen molar-refractivity contribution >= 4 is 11.7 Å². The second kappa shape index (κ2) is 6.88. The van der Waals surface area contributed by atoms with E-state index >= 15 is 0 Å². The summed E-state index contributed by atoms with van der Waals surface area (Å²) < 4.78 is 2.19. The molecular weight excluding hydrogens is 316 g/mol. The number of hydrogen-bond donors (Lipinski definition) is 2. The summed E-state index contributed by atoms with van der Waals surface area (Å²) in [6.07, 6.45) is 6.31. The van der Waals surface area contributed by atoms with Crippen molar-refractivity contribution in [1.82, 2.24) is 14.7 Å². The number of nitrogens with zero attached hydrogens (tertiary/aromatic N) is 3. The second-order valence-electron chi connectivity index (χ2n) is 6.94. The van der Waals surface area contributed by atoms with Gasteiger partial charge in [0.05, 0.1) is 12.6 Å². The fraction of sp³-hybridized carbons (Fsp3) is 0.474. The van der Waals surface area contributed by atoms with Gasteiger partial charge in [0, 0.05) is 42.1 Å². The molecule has 6 nitrogen and oxygen atoms in total. The number of rotatable bonds is 4. The van der Waals surface area contributed by atoms with Crippen LogP contribution in [-0.4, -0.2) is 38.9 Å². The first-order valence-electron chi connectivity index (χ1n) is 9.04. The van der Waals surface area contributed by atoms with Crippen molar-refractivity contribution in [2.24, 2.45) is 0 Å². The lowest BCUT2D eigenvalue weighted by Gasteiger charge is -2.33. The van der Waals surface area contributed by atoms with E-state index in [1.165, 1.54) is 18.5 Å². The quantitative estimate of drug-likeness (QED) is 0.898. The molecule has 0 atom stereocenters. The van der Waals surface area contributed by atoms with E-state index in [0.29, 0.717) is 17.6 Å². The van der Waals surface area contributed by atoms with E-state index in [1.807, 2.05) is 35.4 Å². The zero-order valence-electron chi connectivity index (χ0n) is 14.3. The van der Waals surface area contributed by atoms with Crippen molar-refractivity contribution < 1.29 is 9.90 Å². The molecule has 0 bridgehead atoms. The van der Waals surface area contributed by atoms with E-state index in [-0.39, 0.29) is 12.6 Å². The third-order valence-electron chi connectivity index (χ3n) is 5.22. The lowest BCUT2D eigenvalue weighted by molar-refractivity contribution is 0.179. The fourth-order valence-corrected chi connectivity index (χ4v) is 3.62. The Morgan fingerprint density at radius 2 is 1.92 bits per heavy atom. The third kappa shape index (κ3) is 3.39. The largest absolute Gasteiger partial charge is 0.392 e. The summed E-state index contributed by atoms with van der Waals surface area (Å²) in [5, 5.41) is 16.8. The molecule has 0 radical (unpaired) electrons. The van der Waals surface area contributed by atoms with Crippen molar-refractivity contribution in [3.63, 3.8) is 0 Å². The van der Waals surface area contributed by atoms with E-state index in [4.69, 9.17) is 0 Å².